The van der Waals surface area contributed by atoms with Crippen molar-refractivity contribution in [1.82, 2.24) is 5.32 Å². The lowest BCUT2D eigenvalue weighted by molar-refractivity contribution is 0.0951. The summed E-state index contributed by atoms with van der Waals surface area (Å²) in [5.74, 6) is -0.276. The van der Waals surface area contributed by atoms with Gasteiger partial charge in [-0.3, -0.25) is 9.52 Å². The first-order valence-electron chi connectivity index (χ1n) is 7.63. The summed E-state index contributed by atoms with van der Waals surface area (Å²) in [6.07, 6.45) is 0. The van der Waals surface area contributed by atoms with Crippen LogP contribution in [0.25, 0.3) is 0 Å². The Morgan fingerprint density at radius 2 is 1.85 bits per heavy atom. The van der Waals surface area contributed by atoms with Gasteiger partial charge in [-0.15, -0.1) is 11.3 Å². The van der Waals surface area contributed by atoms with E-state index in [-0.39, 0.29) is 10.1 Å². The average Bonchev–Trinajstić information content (AvgIpc) is 3.15. The lowest BCUT2D eigenvalue weighted by atomic mass is 10.2. The highest BCUT2D eigenvalue weighted by Crippen LogP contribution is 2.21. The van der Waals surface area contributed by atoms with E-state index in [9.17, 15) is 13.2 Å². The van der Waals surface area contributed by atoms with Crippen LogP contribution in [0.2, 0.25) is 0 Å². The molecule has 0 unspecified atom stereocenters. The van der Waals surface area contributed by atoms with E-state index in [1.54, 1.807) is 29.6 Å². The highest BCUT2D eigenvalue weighted by Gasteiger charge is 2.16. The van der Waals surface area contributed by atoms with Crippen molar-refractivity contribution in [3.8, 4) is 0 Å². The van der Waals surface area contributed by atoms with Gasteiger partial charge in [-0.25, -0.2) is 8.42 Å². The number of hydrogen-bond donors (Lipinski definition) is 2. The fraction of sp³-hybridized carbons (Fsp3) is 0.0556. The summed E-state index contributed by atoms with van der Waals surface area (Å²) in [6.45, 7) is 0.378. The predicted octanol–water partition coefficient (Wildman–Crippen LogP) is 4.24. The van der Waals surface area contributed by atoms with Crippen molar-refractivity contribution in [1.29, 1.82) is 0 Å². The first kappa shape index (κ1) is 18.6. The molecule has 26 heavy (non-hydrogen) atoms. The van der Waals surface area contributed by atoms with Gasteiger partial charge in [-0.05, 0) is 47.3 Å². The number of rotatable bonds is 6. The van der Waals surface area contributed by atoms with Gasteiger partial charge >= 0.3 is 0 Å². The third kappa shape index (κ3) is 4.72. The van der Waals surface area contributed by atoms with E-state index in [0.29, 0.717) is 17.8 Å². The molecule has 0 fully saturated rings. The fourth-order valence-electron chi connectivity index (χ4n) is 2.28. The summed E-state index contributed by atoms with van der Waals surface area (Å²) in [7, 11) is -3.64. The molecule has 134 valence electrons. The van der Waals surface area contributed by atoms with Crippen molar-refractivity contribution in [3.05, 3.63) is 81.6 Å². The van der Waals surface area contributed by atoms with Gasteiger partial charge < -0.3 is 5.32 Å². The molecule has 3 aromatic rings. The normalized spacial score (nSPS) is 11.1. The van der Waals surface area contributed by atoms with Crippen molar-refractivity contribution in [3.63, 3.8) is 0 Å². The van der Waals surface area contributed by atoms with E-state index < -0.39 is 10.0 Å². The molecule has 0 aliphatic carbocycles. The molecular formula is C18H15BrN2O3S2. The average molecular weight is 451 g/mol. The maximum absolute atomic E-state index is 12.4. The molecule has 0 saturated heterocycles. The second-order valence-electron chi connectivity index (χ2n) is 5.43. The molecule has 1 amide bonds. The molecule has 0 radical (unpaired) electrons. The number of thiophene rings is 1. The van der Waals surface area contributed by atoms with Crippen molar-refractivity contribution >= 4 is 48.9 Å². The van der Waals surface area contributed by atoms with Crippen LogP contribution < -0.4 is 10.0 Å². The summed E-state index contributed by atoms with van der Waals surface area (Å²) >= 11 is 4.52. The topological polar surface area (TPSA) is 75.3 Å². The molecule has 3 rings (SSSR count). The van der Waals surface area contributed by atoms with Crippen molar-refractivity contribution in [2.24, 2.45) is 0 Å². The Balaban J connectivity index is 1.69. The number of sulfonamides is 1. The number of anilines is 1. The standard InChI is InChI=1S/C18H15BrN2O3S2/c19-15-6-1-4-13(10-15)12-20-18(22)14-5-2-7-16(11-14)21-26(23,24)17-8-3-9-25-17/h1-11,21H,12H2,(H,20,22). The van der Waals surface area contributed by atoms with Crippen LogP contribution >= 0.6 is 27.3 Å². The maximum Gasteiger partial charge on any atom is 0.271 e. The molecule has 0 spiro atoms. The number of nitrogens with one attached hydrogen (secondary N) is 2. The summed E-state index contributed by atoms with van der Waals surface area (Å²) < 4.78 is 28.2. The minimum Gasteiger partial charge on any atom is -0.348 e. The Bertz CT molecular complexity index is 1020. The Hall–Kier alpha value is -2.16. The van der Waals surface area contributed by atoms with Gasteiger partial charge in [0.25, 0.3) is 15.9 Å². The van der Waals surface area contributed by atoms with Gasteiger partial charge in [0.05, 0.1) is 0 Å². The number of benzene rings is 2. The fourth-order valence-corrected chi connectivity index (χ4v) is 4.77. The van der Waals surface area contributed by atoms with Crippen LogP contribution in [0.4, 0.5) is 5.69 Å². The molecule has 8 heteroatoms. The zero-order valence-corrected chi connectivity index (χ0v) is 16.7. The van der Waals surface area contributed by atoms with Gasteiger partial charge in [-0.1, -0.05) is 40.2 Å². The Morgan fingerprint density at radius 3 is 2.58 bits per heavy atom. The highest BCUT2D eigenvalue weighted by atomic mass is 79.9. The first-order chi connectivity index (χ1) is 12.4. The monoisotopic (exact) mass is 450 g/mol. The highest BCUT2D eigenvalue weighted by molar-refractivity contribution is 9.10. The van der Waals surface area contributed by atoms with Crippen molar-refractivity contribution < 1.29 is 13.2 Å². The SMILES string of the molecule is O=C(NCc1cccc(Br)c1)c1cccc(NS(=O)(=O)c2cccs2)c1. The number of carbonyl (C=O) groups is 1. The number of hydrogen-bond acceptors (Lipinski definition) is 4. The van der Waals surface area contributed by atoms with Crippen molar-refractivity contribution in [2.75, 3.05) is 4.72 Å². The zero-order valence-electron chi connectivity index (χ0n) is 13.5. The molecule has 0 bridgehead atoms. The second kappa shape index (κ2) is 8.03. The molecule has 0 aliphatic rings. The Morgan fingerprint density at radius 1 is 1.04 bits per heavy atom. The minimum absolute atomic E-state index is 0.224. The smallest absolute Gasteiger partial charge is 0.271 e. The largest absolute Gasteiger partial charge is 0.348 e. The lowest BCUT2D eigenvalue weighted by Crippen LogP contribution is -2.23. The van der Waals surface area contributed by atoms with Gasteiger partial charge in [0.2, 0.25) is 0 Å². The van der Waals surface area contributed by atoms with E-state index in [4.69, 9.17) is 0 Å². The summed E-state index contributed by atoms with van der Waals surface area (Å²) in [5, 5.41) is 4.52. The van der Waals surface area contributed by atoms with Crippen LogP contribution in [0.3, 0.4) is 0 Å². The Kier molecular flexibility index (Phi) is 5.75. The second-order valence-corrected chi connectivity index (χ2v) is 9.20. The van der Waals surface area contributed by atoms with Crippen LogP contribution in [-0.2, 0) is 16.6 Å². The third-order valence-corrected chi connectivity index (χ3v) is 6.75. The number of halogens is 1. The van der Waals surface area contributed by atoms with Crippen LogP contribution in [0.1, 0.15) is 15.9 Å². The molecule has 1 heterocycles. The molecular weight excluding hydrogens is 436 g/mol. The van der Waals surface area contributed by atoms with Crippen LogP contribution in [0, 0.1) is 0 Å². The molecule has 5 nitrogen and oxygen atoms in total. The molecule has 2 N–H and O–H groups in total. The van der Waals surface area contributed by atoms with Gasteiger partial charge in [-0.2, -0.15) is 0 Å². The van der Waals surface area contributed by atoms with Gasteiger partial charge in [0, 0.05) is 22.3 Å². The summed E-state index contributed by atoms with van der Waals surface area (Å²) in [5.41, 5.74) is 1.68. The van der Waals surface area contributed by atoms with Gasteiger partial charge in [0.1, 0.15) is 4.21 Å². The molecule has 2 aromatic carbocycles. The van der Waals surface area contributed by atoms with Crippen LogP contribution in [0.15, 0.2) is 74.7 Å². The van der Waals surface area contributed by atoms with Crippen LogP contribution in [0.5, 0.6) is 0 Å². The van der Waals surface area contributed by atoms with Crippen LogP contribution in [-0.4, -0.2) is 14.3 Å². The van der Waals surface area contributed by atoms with E-state index in [1.807, 2.05) is 24.3 Å². The molecule has 1 aromatic heterocycles. The first-order valence-corrected chi connectivity index (χ1v) is 10.8. The third-order valence-electron chi connectivity index (χ3n) is 3.48. The number of carbonyl (C=O) groups excluding carboxylic acids is 1. The summed E-state index contributed by atoms with van der Waals surface area (Å²) in [6, 6.07) is 17.2. The van der Waals surface area contributed by atoms with E-state index in [1.165, 1.54) is 12.1 Å². The molecule has 0 aliphatic heterocycles. The summed E-state index contributed by atoms with van der Waals surface area (Å²) in [4.78, 5) is 12.4. The lowest BCUT2D eigenvalue weighted by Gasteiger charge is -2.09. The molecule has 0 saturated carbocycles. The Labute approximate surface area is 164 Å². The van der Waals surface area contributed by atoms with Crippen molar-refractivity contribution in [2.45, 2.75) is 10.8 Å². The quantitative estimate of drug-likeness (QED) is 0.589. The van der Waals surface area contributed by atoms with E-state index >= 15 is 0 Å². The predicted molar refractivity (Wildman–Crippen MR) is 107 cm³/mol. The number of amides is 1. The van der Waals surface area contributed by atoms with E-state index in [2.05, 4.69) is 26.0 Å². The minimum atomic E-state index is -3.64. The van der Waals surface area contributed by atoms with E-state index in [0.717, 1.165) is 21.4 Å². The molecule has 0 atom stereocenters. The zero-order chi connectivity index (χ0) is 18.6. The maximum atomic E-state index is 12.4. The van der Waals surface area contributed by atoms with Gasteiger partial charge in [0.15, 0.2) is 0 Å².